The van der Waals surface area contributed by atoms with Crippen LogP contribution in [0.3, 0.4) is 0 Å². The van der Waals surface area contributed by atoms with Gasteiger partial charge in [0.15, 0.2) is 0 Å². The minimum absolute atomic E-state index is 0.129. The number of aryl methyl sites for hydroxylation is 1. The maximum atomic E-state index is 12.6. The van der Waals surface area contributed by atoms with Gasteiger partial charge >= 0.3 is 0 Å². The van der Waals surface area contributed by atoms with E-state index in [1.807, 2.05) is 11.8 Å². The van der Waals surface area contributed by atoms with Crippen molar-refractivity contribution in [1.82, 2.24) is 10.2 Å². The number of likely N-dealkylation sites (tertiary alicyclic amines) is 1. The first kappa shape index (κ1) is 15.1. The van der Waals surface area contributed by atoms with Crippen molar-refractivity contribution in [3.05, 3.63) is 23.7 Å². The Morgan fingerprint density at radius 3 is 2.90 bits per heavy atom. The zero-order valence-electron chi connectivity index (χ0n) is 12.8. The molecule has 2 atom stereocenters. The number of nitrogens with one attached hydrogen (secondary N) is 1. The SMILES string of the molecule is CCNC1CCN(C(=O)c2ccoc2CC)CC1CC. The summed E-state index contributed by atoms with van der Waals surface area (Å²) in [7, 11) is 0. The van der Waals surface area contributed by atoms with Gasteiger partial charge in [-0.2, -0.15) is 0 Å². The highest BCUT2D eigenvalue weighted by Gasteiger charge is 2.31. The zero-order chi connectivity index (χ0) is 14.5. The Morgan fingerprint density at radius 2 is 2.25 bits per heavy atom. The molecule has 2 unspecified atom stereocenters. The number of carbonyl (C=O) groups excluding carboxylic acids is 1. The van der Waals surface area contributed by atoms with Gasteiger partial charge in [-0.1, -0.05) is 27.2 Å². The Balaban J connectivity index is 2.05. The van der Waals surface area contributed by atoms with Crippen LogP contribution in [0.5, 0.6) is 0 Å². The van der Waals surface area contributed by atoms with E-state index in [0.29, 0.717) is 12.0 Å². The molecule has 0 spiro atoms. The predicted octanol–water partition coefficient (Wildman–Crippen LogP) is 2.69. The molecule has 1 N–H and O–H groups in total. The van der Waals surface area contributed by atoms with E-state index in [-0.39, 0.29) is 5.91 Å². The third-order valence-electron chi connectivity index (χ3n) is 4.31. The highest BCUT2D eigenvalue weighted by molar-refractivity contribution is 5.95. The van der Waals surface area contributed by atoms with Crippen LogP contribution < -0.4 is 5.32 Å². The van der Waals surface area contributed by atoms with Gasteiger partial charge in [0.05, 0.1) is 11.8 Å². The van der Waals surface area contributed by atoms with Gasteiger partial charge in [0, 0.05) is 25.6 Å². The van der Waals surface area contributed by atoms with E-state index < -0.39 is 0 Å². The van der Waals surface area contributed by atoms with Crippen molar-refractivity contribution < 1.29 is 9.21 Å². The number of hydrogen-bond donors (Lipinski definition) is 1. The van der Waals surface area contributed by atoms with E-state index in [1.54, 1.807) is 12.3 Å². The molecule has 1 aliphatic heterocycles. The number of furan rings is 1. The van der Waals surface area contributed by atoms with Gasteiger partial charge < -0.3 is 14.6 Å². The quantitative estimate of drug-likeness (QED) is 0.900. The second-order valence-corrected chi connectivity index (χ2v) is 5.48. The molecule has 1 aromatic rings. The van der Waals surface area contributed by atoms with Crippen LogP contribution in [0.15, 0.2) is 16.7 Å². The molecule has 4 heteroatoms. The van der Waals surface area contributed by atoms with Crippen molar-refractivity contribution in [2.24, 2.45) is 5.92 Å². The lowest BCUT2D eigenvalue weighted by atomic mass is 9.89. The number of nitrogens with zero attached hydrogens (tertiary/aromatic N) is 1. The van der Waals surface area contributed by atoms with E-state index >= 15 is 0 Å². The fraction of sp³-hybridized carbons (Fsp3) is 0.688. The van der Waals surface area contributed by atoms with Crippen LogP contribution in [0.2, 0.25) is 0 Å². The lowest BCUT2D eigenvalue weighted by molar-refractivity contribution is 0.0626. The van der Waals surface area contributed by atoms with Gasteiger partial charge in [-0.3, -0.25) is 4.79 Å². The molecule has 1 amide bonds. The van der Waals surface area contributed by atoms with E-state index in [9.17, 15) is 4.79 Å². The first-order valence-electron chi connectivity index (χ1n) is 7.80. The van der Waals surface area contributed by atoms with Crippen molar-refractivity contribution in [2.45, 2.75) is 46.1 Å². The molecule has 0 radical (unpaired) electrons. The molecule has 0 bridgehead atoms. The van der Waals surface area contributed by atoms with Crippen molar-refractivity contribution in [3.8, 4) is 0 Å². The number of carbonyl (C=O) groups is 1. The Labute approximate surface area is 121 Å². The summed E-state index contributed by atoms with van der Waals surface area (Å²) in [6.45, 7) is 9.04. The summed E-state index contributed by atoms with van der Waals surface area (Å²) in [5, 5.41) is 3.55. The van der Waals surface area contributed by atoms with Gasteiger partial charge in [0.2, 0.25) is 0 Å². The lowest BCUT2D eigenvalue weighted by Crippen LogP contribution is -2.50. The highest BCUT2D eigenvalue weighted by Crippen LogP contribution is 2.23. The fourth-order valence-electron chi connectivity index (χ4n) is 3.14. The number of rotatable bonds is 5. The average molecular weight is 278 g/mol. The summed E-state index contributed by atoms with van der Waals surface area (Å²) in [6, 6.07) is 2.35. The van der Waals surface area contributed by atoms with Crippen LogP contribution in [0.25, 0.3) is 0 Å². The Morgan fingerprint density at radius 1 is 1.45 bits per heavy atom. The minimum Gasteiger partial charge on any atom is -0.469 e. The summed E-state index contributed by atoms with van der Waals surface area (Å²) < 4.78 is 5.38. The van der Waals surface area contributed by atoms with Crippen molar-refractivity contribution in [2.75, 3.05) is 19.6 Å². The van der Waals surface area contributed by atoms with Crippen molar-refractivity contribution in [3.63, 3.8) is 0 Å². The highest BCUT2D eigenvalue weighted by atomic mass is 16.3. The van der Waals surface area contributed by atoms with Crippen LogP contribution in [-0.4, -0.2) is 36.5 Å². The predicted molar refractivity (Wildman–Crippen MR) is 79.9 cm³/mol. The molecule has 1 aromatic heterocycles. The molecule has 2 heterocycles. The largest absolute Gasteiger partial charge is 0.469 e. The monoisotopic (exact) mass is 278 g/mol. The van der Waals surface area contributed by atoms with Gasteiger partial charge in [0.25, 0.3) is 5.91 Å². The summed E-state index contributed by atoms with van der Waals surface area (Å²) >= 11 is 0. The topological polar surface area (TPSA) is 45.5 Å². The van der Waals surface area contributed by atoms with Gasteiger partial charge in [0.1, 0.15) is 5.76 Å². The average Bonchev–Trinajstić information content (AvgIpc) is 2.95. The Bertz CT molecular complexity index is 441. The smallest absolute Gasteiger partial charge is 0.257 e. The van der Waals surface area contributed by atoms with Crippen LogP contribution in [0.1, 0.15) is 49.7 Å². The molecular weight excluding hydrogens is 252 g/mol. The lowest BCUT2D eigenvalue weighted by Gasteiger charge is -2.38. The molecule has 1 saturated heterocycles. The number of hydrogen-bond acceptors (Lipinski definition) is 3. The van der Waals surface area contributed by atoms with E-state index in [1.165, 1.54) is 0 Å². The summed E-state index contributed by atoms with van der Waals surface area (Å²) in [6.07, 6.45) is 4.53. The standard InChI is InChI=1S/C16H26N2O2/c1-4-12-11-18(9-7-14(12)17-6-3)16(19)13-8-10-20-15(13)5-2/h8,10,12,14,17H,4-7,9,11H2,1-3H3. The summed E-state index contributed by atoms with van der Waals surface area (Å²) in [5.74, 6) is 1.48. The molecular formula is C16H26N2O2. The number of piperidine rings is 1. The molecule has 0 aromatic carbocycles. The van der Waals surface area contributed by atoms with Gasteiger partial charge in [-0.15, -0.1) is 0 Å². The number of amides is 1. The minimum atomic E-state index is 0.129. The molecule has 112 valence electrons. The molecule has 4 nitrogen and oxygen atoms in total. The van der Waals surface area contributed by atoms with Crippen LogP contribution in [0, 0.1) is 5.92 Å². The zero-order valence-corrected chi connectivity index (χ0v) is 12.8. The third-order valence-corrected chi connectivity index (χ3v) is 4.31. The molecule has 2 rings (SSSR count). The van der Waals surface area contributed by atoms with Crippen molar-refractivity contribution in [1.29, 1.82) is 0 Å². The fourth-order valence-corrected chi connectivity index (χ4v) is 3.14. The molecule has 0 saturated carbocycles. The normalized spacial score (nSPS) is 23.1. The second-order valence-electron chi connectivity index (χ2n) is 5.48. The molecule has 1 aliphatic rings. The molecule has 1 fully saturated rings. The first-order chi connectivity index (χ1) is 9.71. The van der Waals surface area contributed by atoms with E-state index in [2.05, 4.69) is 19.2 Å². The van der Waals surface area contributed by atoms with Crippen LogP contribution in [0.4, 0.5) is 0 Å². The third kappa shape index (κ3) is 3.06. The Hall–Kier alpha value is -1.29. The van der Waals surface area contributed by atoms with Crippen LogP contribution >= 0.6 is 0 Å². The summed E-state index contributed by atoms with van der Waals surface area (Å²) in [4.78, 5) is 14.6. The molecule has 20 heavy (non-hydrogen) atoms. The van der Waals surface area contributed by atoms with E-state index in [4.69, 9.17) is 4.42 Å². The maximum absolute atomic E-state index is 12.6. The second kappa shape index (κ2) is 6.93. The van der Waals surface area contributed by atoms with E-state index in [0.717, 1.165) is 50.2 Å². The van der Waals surface area contributed by atoms with Gasteiger partial charge in [-0.25, -0.2) is 0 Å². The Kier molecular flexibility index (Phi) is 5.24. The maximum Gasteiger partial charge on any atom is 0.257 e. The molecule has 0 aliphatic carbocycles. The summed E-state index contributed by atoms with van der Waals surface area (Å²) in [5.41, 5.74) is 0.740. The van der Waals surface area contributed by atoms with Crippen molar-refractivity contribution >= 4 is 5.91 Å². The first-order valence-corrected chi connectivity index (χ1v) is 7.80. The van der Waals surface area contributed by atoms with Gasteiger partial charge in [-0.05, 0) is 24.9 Å². The van der Waals surface area contributed by atoms with Crippen LogP contribution in [-0.2, 0) is 6.42 Å².